The first kappa shape index (κ1) is 21.0. The van der Waals surface area contributed by atoms with Crippen molar-refractivity contribution in [3.05, 3.63) is 96.6 Å². The Labute approximate surface area is 177 Å². The highest BCUT2D eigenvalue weighted by molar-refractivity contribution is 5.93. The molecule has 0 saturated heterocycles. The summed E-state index contributed by atoms with van der Waals surface area (Å²) in [7, 11) is 0. The number of carbonyl (C=O) groups is 1. The first-order chi connectivity index (χ1) is 14.6. The number of rotatable bonds is 10. The van der Waals surface area contributed by atoms with E-state index < -0.39 is 0 Å². The second-order valence-electron chi connectivity index (χ2n) is 6.98. The number of ether oxygens (including phenoxy) is 2. The Hall–Kier alpha value is -3.73. The van der Waals surface area contributed by atoms with E-state index in [-0.39, 0.29) is 12.5 Å². The molecule has 0 radical (unpaired) electrons. The van der Waals surface area contributed by atoms with Gasteiger partial charge in [0.25, 0.3) is 0 Å². The van der Waals surface area contributed by atoms with Gasteiger partial charge in [-0.2, -0.15) is 0 Å². The molecule has 0 heterocycles. The first-order valence-corrected chi connectivity index (χ1v) is 9.76. The summed E-state index contributed by atoms with van der Waals surface area (Å²) >= 11 is 0. The molecule has 0 atom stereocenters. The summed E-state index contributed by atoms with van der Waals surface area (Å²) in [5.41, 5.74) is 3.53. The second-order valence-corrected chi connectivity index (χ2v) is 6.98. The van der Waals surface area contributed by atoms with Gasteiger partial charge >= 0.3 is 0 Å². The normalized spacial score (nSPS) is 10.2. The van der Waals surface area contributed by atoms with Crippen LogP contribution in [0.4, 0.5) is 11.4 Å². The van der Waals surface area contributed by atoms with Gasteiger partial charge in [-0.15, -0.1) is 0 Å². The second kappa shape index (κ2) is 10.7. The molecule has 3 rings (SSSR count). The molecule has 0 aromatic heterocycles. The summed E-state index contributed by atoms with van der Waals surface area (Å²) in [6.07, 6.45) is 0. The summed E-state index contributed by atoms with van der Waals surface area (Å²) in [5.74, 6) is 1.28. The van der Waals surface area contributed by atoms with E-state index in [9.17, 15) is 4.79 Å². The van der Waals surface area contributed by atoms with Crippen molar-refractivity contribution in [2.45, 2.75) is 13.5 Å². The lowest BCUT2D eigenvalue weighted by atomic mass is 10.2. The maximum atomic E-state index is 12.3. The summed E-state index contributed by atoms with van der Waals surface area (Å²) in [5, 5.41) is 5.99. The van der Waals surface area contributed by atoms with Crippen molar-refractivity contribution in [1.82, 2.24) is 0 Å². The maximum Gasteiger partial charge on any atom is 0.243 e. The quantitative estimate of drug-likeness (QED) is 0.454. The van der Waals surface area contributed by atoms with Gasteiger partial charge in [0.2, 0.25) is 5.91 Å². The standard InChI is InChI=1S/C25H26N2O3/c1-19(2)17-29-24-13-7-11-22(15-24)27-25(28)16-26-21-10-6-12-23(14-21)30-18-20-8-4-3-5-9-20/h3-15,26H,1,16-18H2,2H3,(H,27,28). The highest BCUT2D eigenvalue weighted by atomic mass is 16.5. The Morgan fingerprint density at radius 1 is 0.867 bits per heavy atom. The fraction of sp³-hybridized carbons (Fsp3) is 0.160. The molecule has 3 aromatic rings. The zero-order valence-electron chi connectivity index (χ0n) is 17.1. The van der Waals surface area contributed by atoms with Gasteiger partial charge in [-0.1, -0.05) is 49.0 Å². The molecule has 30 heavy (non-hydrogen) atoms. The van der Waals surface area contributed by atoms with Gasteiger partial charge in [0, 0.05) is 23.5 Å². The minimum absolute atomic E-state index is 0.138. The average molecular weight is 402 g/mol. The number of benzene rings is 3. The minimum Gasteiger partial charge on any atom is -0.489 e. The molecule has 0 unspecified atom stereocenters. The predicted molar refractivity (Wildman–Crippen MR) is 121 cm³/mol. The Bertz CT molecular complexity index is 986. The predicted octanol–water partition coefficient (Wildman–Crippen LogP) is 5.27. The molecule has 0 aliphatic heterocycles. The molecule has 5 heteroatoms. The molecule has 0 bridgehead atoms. The van der Waals surface area contributed by atoms with Crippen molar-refractivity contribution in [3.63, 3.8) is 0 Å². The van der Waals surface area contributed by atoms with E-state index in [2.05, 4.69) is 17.2 Å². The zero-order valence-corrected chi connectivity index (χ0v) is 17.1. The van der Waals surface area contributed by atoms with Crippen LogP contribution >= 0.6 is 0 Å². The lowest BCUT2D eigenvalue weighted by molar-refractivity contribution is -0.114. The average Bonchev–Trinajstić information content (AvgIpc) is 2.76. The van der Waals surface area contributed by atoms with Crippen LogP contribution in [0.15, 0.2) is 91.0 Å². The summed E-state index contributed by atoms with van der Waals surface area (Å²) in [6, 6.07) is 24.8. The number of carbonyl (C=O) groups excluding carboxylic acids is 1. The highest BCUT2D eigenvalue weighted by Gasteiger charge is 2.05. The van der Waals surface area contributed by atoms with Gasteiger partial charge in [-0.05, 0) is 42.3 Å². The number of anilines is 2. The van der Waals surface area contributed by atoms with Crippen LogP contribution in [0.2, 0.25) is 0 Å². The molecule has 154 valence electrons. The van der Waals surface area contributed by atoms with Gasteiger partial charge in [0.1, 0.15) is 24.7 Å². The fourth-order valence-corrected chi connectivity index (χ4v) is 2.69. The van der Waals surface area contributed by atoms with Gasteiger partial charge in [-0.25, -0.2) is 0 Å². The van der Waals surface area contributed by atoms with E-state index in [1.807, 2.05) is 79.7 Å². The van der Waals surface area contributed by atoms with Crippen molar-refractivity contribution in [2.24, 2.45) is 0 Å². The molecular weight excluding hydrogens is 376 g/mol. The lowest BCUT2D eigenvalue weighted by Crippen LogP contribution is -2.21. The van der Waals surface area contributed by atoms with Crippen LogP contribution in [0, 0.1) is 0 Å². The molecule has 0 saturated carbocycles. The number of nitrogens with one attached hydrogen (secondary N) is 2. The Morgan fingerprint density at radius 3 is 2.27 bits per heavy atom. The van der Waals surface area contributed by atoms with Gasteiger partial charge in [0.05, 0.1) is 6.54 Å². The third-order valence-electron chi connectivity index (χ3n) is 4.14. The van der Waals surface area contributed by atoms with Crippen LogP contribution in [-0.2, 0) is 11.4 Å². The van der Waals surface area contributed by atoms with Gasteiger partial charge in [-0.3, -0.25) is 4.79 Å². The molecule has 0 aliphatic carbocycles. The van der Waals surface area contributed by atoms with Crippen LogP contribution in [-0.4, -0.2) is 19.1 Å². The third kappa shape index (κ3) is 7.02. The third-order valence-corrected chi connectivity index (χ3v) is 4.14. The summed E-state index contributed by atoms with van der Waals surface area (Å²) in [4.78, 5) is 12.3. The highest BCUT2D eigenvalue weighted by Crippen LogP contribution is 2.20. The smallest absolute Gasteiger partial charge is 0.243 e. The number of amides is 1. The molecule has 0 spiro atoms. The van der Waals surface area contributed by atoms with Crippen LogP contribution in [0.3, 0.4) is 0 Å². The molecule has 1 amide bonds. The van der Waals surface area contributed by atoms with E-state index >= 15 is 0 Å². The Morgan fingerprint density at radius 2 is 1.53 bits per heavy atom. The SMILES string of the molecule is C=C(C)COc1cccc(NC(=O)CNc2cccc(OCc3ccccc3)c2)c1. The van der Waals surface area contributed by atoms with Crippen LogP contribution in [0.5, 0.6) is 11.5 Å². The van der Waals surface area contributed by atoms with Crippen molar-refractivity contribution >= 4 is 17.3 Å². The first-order valence-electron chi connectivity index (χ1n) is 9.76. The molecular formula is C25H26N2O3. The molecule has 0 aliphatic rings. The molecule has 2 N–H and O–H groups in total. The lowest BCUT2D eigenvalue weighted by Gasteiger charge is -2.11. The van der Waals surface area contributed by atoms with E-state index in [0.29, 0.717) is 24.7 Å². The van der Waals surface area contributed by atoms with Crippen LogP contribution in [0.1, 0.15) is 12.5 Å². The van der Waals surface area contributed by atoms with Crippen molar-refractivity contribution < 1.29 is 14.3 Å². The zero-order chi connectivity index (χ0) is 21.2. The number of hydrogen-bond acceptors (Lipinski definition) is 4. The summed E-state index contributed by atoms with van der Waals surface area (Å²) in [6.45, 7) is 6.80. The number of hydrogen-bond donors (Lipinski definition) is 2. The molecule has 0 fully saturated rings. The van der Waals surface area contributed by atoms with Gasteiger partial charge < -0.3 is 20.1 Å². The van der Waals surface area contributed by atoms with Crippen LogP contribution in [0.25, 0.3) is 0 Å². The van der Waals surface area contributed by atoms with Gasteiger partial charge in [0.15, 0.2) is 0 Å². The topological polar surface area (TPSA) is 59.6 Å². The summed E-state index contributed by atoms with van der Waals surface area (Å²) < 4.78 is 11.4. The van der Waals surface area contributed by atoms with Crippen molar-refractivity contribution in [3.8, 4) is 11.5 Å². The fourth-order valence-electron chi connectivity index (χ4n) is 2.69. The van der Waals surface area contributed by atoms with Crippen molar-refractivity contribution in [1.29, 1.82) is 0 Å². The molecule has 5 nitrogen and oxygen atoms in total. The van der Waals surface area contributed by atoms with E-state index in [4.69, 9.17) is 9.47 Å². The van der Waals surface area contributed by atoms with Crippen LogP contribution < -0.4 is 20.1 Å². The maximum absolute atomic E-state index is 12.3. The van der Waals surface area contributed by atoms with E-state index in [1.165, 1.54) is 0 Å². The monoisotopic (exact) mass is 402 g/mol. The van der Waals surface area contributed by atoms with Crippen molar-refractivity contribution in [2.75, 3.05) is 23.8 Å². The van der Waals surface area contributed by atoms with E-state index in [1.54, 1.807) is 6.07 Å². The largest absolute Gasteiger partial charge is 0.489 e. The van der Waals surface area contributed by atoms with E-state index in [0.717, 1.165) is 22.6 Å². The minimum atomic E-state index is -0.150. The Balaban J connectivity index is 1.49. The Kier molecular flexibility index (Phi) is 7.50. The molecule has 3 aromatic carbocycles.